The monoisotopic (exact) mass is 586 g/mol. The first-order valence-corrected chi connectivity index (χ1v) is 15.6. The van der Waals surface area contributed by atoms with Crippen LogP contribution in [-0.4, -0.2) is 18.9 Å². The molecule has 0 bridgehead atoms. The molecule has 4 nitrogen and oxygen atoms in total. The Kier molecular flexibility index (Phi) is 5.25. The van der Waals surface area contributed by atoms with E-state index in [1.54, 1.807) is 0 Å². The Balaban J connectivity index is 1.39. The summed E-state index contributed by atoms with van der Waals surface area (Å²) in [6.07, 6.45) is 0. The van der Waals surface area contributed by atoms with Gasteiger partial charge in [0.05, 0.1) is 33.3 Å². The van der Waals surface area contributed by atoms with Gasteiger partial charge in [-0.05, 0) is 29.7 Å². The van der Waals surface area contributed by atoms with Crippen molar-refractivity contribution in [2.24, 2.45) is 0 Å². The minimum absolute atomic E-state index is 0.702. The first-order chi connectivity index (χ1) is 22.8. The molecule has 0 aliphatic rings. The molecule has 6 aromatic carbocycles. The Morgan fingerprint density at radius 3 is 1.87 bits per heavy atom. The minimum atomic E-state index is 0.702. The number of para-hydroxylation sites is 2. The summed E-state index contributed by atoms with van der Waals surface area (Å²) in [7, 11) is 0. The van der Waals surface area contributed by atoms with Gasteiger partial charge < -0.3 is 4.40 Å². The number of hydrogen-bond acceptors (Lipinski definition) is 2. The van der Waals surface area contributed by atoms with Gasteiger partial charge in [-0.1, -0.05) is 127 Å². The van der Waals surface area contributed by atoms with Crippen molar-refractivity contribution in [1.82, 2.24) is 18.9 Å². The van der Waals surface area contributed by atoms with Gasteiger partial charge in [-0.25, -0.2) is 9.97 Å². The van der Waals surface area contributed by atoms with E-state index < -0.39 is 0 Å². The molecule has 0 saturated heterocycles. The number of nitrogens with zero attached hydrogens (tertiary/aromatic N) is 4. The predicted molar refractivity (Wildman–Crippen MR) is 191 cm³/mol. The predicted octanol–water partition coefficient (Wildman–Crippen LogP) is 10.6. The molecule has 46 heavy (non-hydrogen) atoms. The highest BCUT2D eigenvalue weighted by Crippen LogP contribution is 2.42. The number of benzene rings is 6. The Morgan fingerprint density at radius 2 is 1.07 bits per heavy atom. The summed E-state index contributed by atoms with van der Waals surface area (Å²) in [6.45, 7) is 0. The molecule has 0 aliphatic heterocycles. The lowest BCUT2D eigenvalue weighted by Crippen LogP contribution is -2.02. The van der Waals surface area contributed by atoms with Crippen molar-refractivity contribution in [1.29, 1.82) is 0 Å². The fourth-order valence-electron chi connectivity index (χ4n) is 7.30. The summed E-state index contributed by atoms with van der Waals surface area (Å²) in [6, 6.07) is 55.8. The third kappa shape index (κ3) is 3.55. The zero-order valence-electron chi connectivity index (χ0n) is 24.8. The molecular weight excluding hydrogens is 560 g/mol. The van der Waals surface area contributed by atoms with Gasteiger partial charge in [-0.15, -0.1) is 0 Å². The minimum Gasteiger partial charge on any atom is -0.308 e. The molecule has 0 aliphatic carbocycles. The van der Waals surface area contributed by atoms with Gasteiger partial charge in [0, 0.05) is 44.1 Å². The van der Waals surface area contributed by atoms with Crippen LogP contribution < -0.4 is 0 Å². The summed E-state index contributed by atoms with van der Waals surface area (Å²) in [5.74, 6) is 1.54. The zero-order valence-corrected chi connectivity index (χ0v) is 24.8. The van der Waals surface area contributed by atoms with Crippen LogP contribution in [0.25, 0.3) is 88.4 Å². The van der Waals surface area contributed by atoms with Crippen LogP contribution in [0.15, 0.2) is 158 Å². The van der Waals surface area contributed by atoms with E-state index in [-0.39, 0.29) is 0 Å². The van der Waals surface area contributed by atoms with Crippen LogP contribution in [0, 0.1) is 0 Å². The Hall–Kier alpha value is -6.26. The van der Waals surface area contributed by atoms with Crippen LogP contribution in [0.5, 0.6) is 0 Å². The summed E-state index contributed by atoms with van der Waals surface area (Å²) < 4.78 is 4.79. The smallest absolute Gasteiger partial charge is 0.162 e. The second kappa shape index (κ2) is 9.62. The fourth-order valence-corrected chi connectivity index (χ4v) is 7.30. The van der Waals surface area contributed by atoms with Crippen molar-refractivity contribution in [3.8, 4) is 28.5 Å². The average Bonchev–Trinajstić information content (AvgIpc) is 3.69. The quantitative estimate of drug-likeness (QED) is 0.193. The number of hydrogen-bond donors (Lipinski definition) is 0. The largest absolute Gasteiger partial charge is 0.308 e. The highest BCUT2D eigenvalue weighted by Gasteiger charge is 2.21. The summed E-state index contributed by atoms with van der Waals surface area (Å²) >= 11 is 0. The second-order valence-electron chi connectivity index (χ2n) is 11.8. The van der Waals surface area contributed by atoms with Gasteiger partial charge in [0.25, 0.3) is 0 Å². The molecule has 0 atom stereocenters. The van der Waals surface area contributed by atoms with E-state index in [1.165, 1.54) is 48.9 Å². The van der Waals surface area contributed by atoms with Gasteiger partial charge in [0.1, 0.15) is 5.82 Å². The molecule has 10 aromatic rings. The van der Waals surface area contributed by atoms with Crippen molar-refractivity contribution in [2.75, 3.05) is 0 Å². The molecule has 0 amide bonds. The van der Waals surface area contributed by atoms with E-state index in [1.807, 2.05) is 24.3 Å². The molecule has 0 spiro atoms. The molecule has 4 heteroatoms. The maximum absolute atomic E-state index is 5.25. The van der Waals surface area contributed by atoms with Gasteiger partial charge >= 0.3 is 0 Å². The van der Waals surface area contributed by atoms with E-state index in [0.717, 1.165) is 33.7 Å². The lowest BCUT2D eigenvalue weighted by Gasteiger charge is -2.14. The first-order valence-electron chi connectivity index (χ1n) is 15.6. The molecule has 0 radical (unpaired) electrons. The standard InChI is InChI=1S/C42H26N4/c1-3-13-27(14-4-1)34-26-39(44-42(43-34)28-15-5-2-6-16-28)45-36-22-12-10-20-33(36)40-37(45)24-23-32-30-18-8-9-19-31(30)38-25-29-17-7-11-21-35(29)46(38)41(32)40/h1-26H. The van der Waals surface area contributed by atoms with Crippen molar-refractivity contribution in [3.05, 3.63) is 158 Å². The maximum Gasteiger partial charge on any atom is 0.162 e. The first kappa shape index (κ1) is 25.1. The molecule has 214 valence electrons. The van der Waals surface area contributed by atoms with Crippen molar-refractivity contribution < 1.29 is 0 Å². The van der Waals surface area contributed by atoms with E-state index in [9.17, 15) is 0 Å². The molecule has 0 unspecified atom stereocenters. The van der Waals surface area contributed by atoms with Crippen LogP contribution in [0.3, 0.4) is 0 Å². The molecule has 4 aromatic heterocycles. The Bertz CT molecular complexity index is 2730. The van der Waals surface area contributed by atoms with Gasteiger partial charge in [0.2, 0.25) is 0 Å². The Morgan fingerprint density at radius 1 is 0.413 bits per heavy atom. The van der Waals surface area contributed by atoms with Crippen LogP contribution in [0.2, 0.25) is 0 Å². The molecule has 10 rings (SSSR count). The average molecular weight is 587 g/mol. The molecule has 0 saturated carbocycles. The third-order valence-electron chi connectivity index (χ3n) is 9.28. The van der Waals surface area contributed by atoms with E-state index in [4.69, 9.17) is 9.97 Å². The SMILES string of the molecule is c1ccc(-c2cc(-n3c4ccccc4c4c3ccc3c5ccccc5c5cc6ccccc6n5c34)nc(-c3ccccc3)n2)cc1. The van der Waals surface area contributed by atoms with Crippen LogP contribution in [-0.2, 0) is 0 Å². The molecule has 0 N–H and O–H groups in total. The maximum atomic E-state index is 5.25. The topological polar surface area (TPSA) is 35.1 Å². The summed E-state index contributed by atoms with van der Waals surface area (Å²) in [5.41, 5.74) is 8.79. The Labute approximate surface area is 264 Å². The molecule has 0 fully saturated rings. The van der Waals surface area contributed by atoms with E-state index >= 15 is 0 Å². The van der Waals surface area contributed by atoms with E-state index in [0.29, 0.717) is 5.82 Å². The van der Waals surface area contributed by atoms with Crippen molar-refractivity contribution in [2.45, 2.75) is 0 Å². The van der Waals surface area contributed by atoms with Gasteiger partial charge in [0.15, 0.2) is 5.82 Å². The summed E-state index contributed by atoms with van der Waals surface area (Å²) in [5, 5.41) is 7.38. The molecular formula is C42H26N4. The fraction of sp³-hybridized carbons (Fsp3) is 0. The second-order valence-corrected chi connectivity index (χ2v) is 11.8. The number of pyridine rings is 1. The number of fused-ring (bicyclic) bond motifs is 12. The van der Waals surface area contributed by atoms with Crippen molar-refractivity contribution in [3.63, 3.8) is 0 Å². The lowest BCUT2D eigenvalue weighted by atomic mass is 10.0. The lowest BCUT2D eigenvalue weighted by molar-refractivity contribution is 1.05. The highest BCUT2D eigenvalue weighted by atomic mass is 15.1. The van der Waals surface area contributed by atoms with Crippen LogP contribution >= 0.6 is 0 Å². The van der Waals surface area contributed by atoms with Gasteiger partial charge in [-0.3, -0.25) is 4.57 Å². The number of rotatable bonds is 3. The zero-order chi connectivity index (χ0) is 30.2. The summed E-state index contributed by atoms with van der Waals surface area (Å²) in [4.78, 5) is 10.3. The third-order valence-corrected chi connectivity index (χ3v) is 9.28. The van der Waals surface area contributed by atoms with Crippen molar-refractivity contribution >= 4 is 59.9 Å². The number of aromatic nitrogens is 4. The van der Waals surface area contributed by atoms with Crippen LogP contribution in [0.4, 0.5) is 0 Å². The highest BCUT2D eigenvalue weighted by molar-refractivity contribution is 6.27. The van der Waals surface area contributed by atoms with E-state index in [2.05, 4.69) is 142 Å². The molecule has 4 heterocycles. The van der Waals surface area contributed by atoms with Crippen LogP contribution in [0.1, 0.15) is 0 Å². The van der Waals surface area contributed by atoms with Gasteiger partial charge in [-0.2, -0.15) is 0 Å². The normalized spacial score (nSPS) is 11.9.